The molecule has 0 saturated heterocycles. The first kappa shape index (κ1) is 35.4. The third kappa shape index (κ3) is 6.29. The van der Waals surface area contributed by atoms with Crippen molar-refractivity contribution in [3.05, 3.63) is 243 Å². The van der Waals surface area contributed by atoms with E-state index in [4.69, 9.17) is 0 Å². The fraction of sp³-hybridized carbons (Fsp3) is 0. The van der Waals surface area contributed by atoms with Gasteiger partial charge in [0.2, 0.25) is 0 Å². The predicted molar refractivity (Wildman–Crippen MR) is 252 cm³/mol. The van der Waals surface area contributed by atoms with Gasteiger partial charge < -0.3 is 9.80 Å². The van der Waals surface area contributed by atoms with Crippen molar-refractivity contribution in [2.24, 2.45) is 0 Å². The summed E-state index contributed by atoms with van der Waals surface area (Å²) >= 11 is 1.86. The molecule has 1 aromatic heterocycles. The van der Waals surface area contributed by atoms with Gasteiger partial charge in [-0.25, -0.2) is 0 Å². The topological polar surface area (TPSA) is 6.48 Å². The SMILES string of the molecule is c1ccc(N(c2cccc([Si](c3ccccc3)(c3ccccc3)c3ccccc3N(c3ccccc3)c3ccccc3)c2)c2ccc3c(c2)sc2ccccc23)cc1. The van der Waals surface area contributed by atoms with Crippen molar-refractivity contribution in [3.63, 3.8) is 0 Å². The minimum absolute atomic E-state index is 1.12. The number of nitrogens with zero attached hydrogens (tertiary/aromatic N) is 2. The molecule has 0 amide bonds. The van der Waals surface area contributed by atoms with Crippen molar-refractivity contribution in [2.45, 2.75) is 0 Å². The summed E-state index contributed by atoms with van der Waals surface area (Å²) in [6, 6.07) is 89.0. The Kier molecular flexibility index (Phi) is 9.48. The van der Waals surface area contributed by atoms with Gasteiger partial charge in [-0.3, -0.25) is 0 Å². The van der Waals surface area contributed by atoms with Crippen LogP contribution >= 0.6 is 11.3 Å². The van der Waals surface area contributed by atoms with Gasteiger partial charge in [-0.05, 0) is 93.5 Å². The molecule has 0 radical (unpaired) electrons. The minimum Gasteiger partial charge on any atom is -0.311 e. The lowest BCUT2D eigenvalue weighted by molar-refractivity contribution is 1.29. The number of anilines is 6. The Morgan fingerprint density at radius 1 is 0.293 bits per heavy atom. The number of fused-ring (bicyclic) bond motifs is 3. The molecule has 0 spiro atoms. The molecule has 0 aliphatic carbocycles. The molecule has 58 heavy (non-hydrogen) atoms. The maximum Gasteiger partial charge on any atom is 0.181 e. The maximum absolute atomic E-state index is 3.08. The zero-order valence-corrected chi connectivity index (χ0v) is 33.7. The van der Waals surface area contributed by atoms with Gasteiger partial charge in [0.05, 0.1) is 0 Å². The van der Waals surface area contributed by atoms with Crippen LogP contribution in [0, 0.1) is 0 Å². The lowest BCUT2D eigenvalue weighted by Crippen LogP contribution is -2.75. The molecule has 10 rings (SSSR count). The normalized spacial score (nSPS) is 11.4. The van der Waals surface area contributed by atoms with Crippen LogP contribution in [-0.4, -0.2) is 8.07 Å². The van der Waals surface area contributed by atoms with Crippen LogP contribution in [0.25, 0.3) is 20.2 Å². The van der Waals surface area contributed by atoms with Gasteiger partial charge >= 0.3 is 0 Å². The van der Waals surface area contributed by atoms with E-state index in [-0.39, 0.29) is 0 Å². The number of rotatable bonds is 10. The molecule has 10 aromatic rings. The molecule has 276 valence electrons. The molecular formula is C54H40N2SSi. The first-order valence-electron chi connectivity index (χ1n) is 19.8. The molecule has 1 heterocycles. The van der Waals surface area contributed by atoms with Crippen LogP contribution in [0.4, 0.5) is 34.1 Å². The summed E-state index contributed by atoms with van der Waals surface area (Å²) in [6.45, 7) is 0. The van der Waals surface area contributed by atoms with E-state index in [1.807, 2.05) is 11.3 Å². The molecule has 9 aromatic carbocycles. The van der Waals surface area contributed by atoms with E-state index in [9.17, 15) is 0 Å². The van der Waals surface area contributed by atoms with Gasteiger partial charge in [0, 0.05) is 54.3 Å². The Morgan fingerprint density at radius 3 is 1.36 bits per heavy atom. The second-order valence-corrected chi connectivity index (χ2v) is 19.4. The summed E-state index contributed by atoms with van der Waals surface area (Å²) in [4.78, 5) is 4.86. The van der Waals surface area contributed by atoms with Gasteiger partial charge in [0.25, 0.3) is 0 Å². The second-order valence-electron chi connectivity index (χ2n) is 14.5. The zero-order chi connectivity index (χ0) is 38.7. The van der Waals surface area contributed by atoms with E-state index < -0.39 is 8.07 Å². The highest BCUT2D eigenvalue weighted by Gasteiger charge is 2.44. The van der Waals surface area contributed by atoms with Crippen LogP contribution in [0.1, 0.15) is 0 Å². The molecule has 4 heteroatoms. The third-order valence-corrected chi connectivity index (χ3v) is 17.1. The Bertz CT molecular complexity index is 2870. The van der Waals surface area contributed by atoms with Crippen molar-refractivity contribution in [1.82, 2.24) is 0 Å². The molecule has 0 atom stereocenters. The molecular weight excluding hydrogens is 737 g/mol. The maximum atomic E-state index is 2.47. The first-order valence-corrected chi connectivity index (χ1v) is 22.6. The smallest absolute Gasteiger partial charge is 0.181 e. The number of para-hydroxylation sites is 4. The fourth-order valence-electron chi connectivity index (χ4n) is 8.67. The van der Waals surface area contributed by atoms with E-state index in [0.717, 1.165) is 28.4 Å². The van der Waals surface area contributed by atoms with Crippen molar-refractivity contribution >= 4 is 94.5 Å². The van der Waals surface area contributed by atoms with E-state index in [1.54, 1.807) is 0 Å². The van der Waals surface area contributed by atoms with E-state index in [0.29, 0.717) is 0 Å². The molecule has 0 aliphatic heterocycles. The molecule has 0 saturated carbocycles. The summed E-state index contributed by atoms with van der Waals surface area (Å²) in [5.41, 5.74) is 6.77. The number of thiophene rings is 1. The van der Waals surface area contributed by atoms with Crippen LogP contribution in [0.3, 0.4) is 0 Å². The van der Waals surface area contributed by atoms with Crippen molar-refractivity contribution in [1.29, 1.82) is 0 Å². The molecule has 0 unspecified atom stereocenters. The Balaban J connectivity index is 1.25. The highest BCUT2D eigenvalue weighted by atomic mass is 32.1. The molecule has 0 N–H and O–H groups in total. The lowest BCUT2D eigenvalue weighted by atomic mass is 10.1. The summed E-state index contributed by atoms with van der Waals surface area (Å²) in [5.74, 6) is 0. The standard InChI is InChI=1S/C54H40N2SSi/c1-6-21-41(22-7-1)55(45-37-38-50-49-33-16-18-35-52(49)57-53(50)40-45)44-27-20-32-48(39-44)58(46-28-12-4-13-29-46,47-30-14-5-15-31-47)54-36-19-17-34-51(54)56(42-23-8-2-9-24-42)43-25-10-3-11-26-43/h1-40H. The Hall–Kier alpha value is -6.98. The van der Waals surface area contributed by atoms with Crippen molar-refractivity contribution < 1.29 is 0 Å². The van der Waals surface area contributed by atoms with E-state index in [2.05, 4.69) is 252 Å². The van der Waals surface area contributed by atoms with Crippen LogP contribution in [0.5, 0.6) is 0 Å². The molecule has 0 bridgehead atoms. The highest BCUT2D eigenvalue weighted by molar-refractivity contribution is 7.25. The molecule has 0 aliphatic rings. The monoisotopic (exact) mass is 776 g/mol. The Labute approximate surface area is 345 Å². The van der Waals surface area contributed by atoms with Gasteiger partial charge in [-0.2, -0.15) is 0 Å². The second kappa shape index (κ2) is 15.5. The summed E-state index contributed by atoms with van der Waals surface area (Å²) in [5, 5.41) is 7.87. The number of benzene rings is 9. The minimum atomic E-state index is -3.08. The average molecular weight is 777 g/mol. The summed E-state index contributed by atoms with van der Waals surface area (Å²) < 4.78 is 2.59. The fourth-order valence-corrected chi connectivity index (χ4v) is 14.8. The largest absolute Gasteiger partial charge is 0.311 e. The third-order valence-electron chi connectivity index (χ3n) is 11.2. The van der Waals surface area contributed by atoms with Gasteiger partial charge in [0.15, 0.2) is 8.07 Å². The van der Waals surface area contributed by atoms with Crippen LogP contribution in [0.15, 0.2) is 243 Å². The summed E-state index contributed by atoms with van der Waals surface area (Å²) in [6.07, 6.45) is 0. The lowest BCUT2D eigenvalue weighted by Gasteiger charge is -2.39. The highest BCUT2D eigenvalue weighted by Crippen LogP contribution is 2.41. The Morgan fingerprint density at radius 2 is 0.741 bits per heavy atom. The van der Waals surface area contributed by atoms with Gasteiger partial charge in [-0.1, -0.05) is 170 Å². The average Bonchev–Trinajstić information content (AvgIpc) is 3.67. The quantitative estimate of drug-likeness (QED) is 0.101. The van der Waals surface area contributed by atoms with Crippen molar-refractivity contribution in [2.75, 3.05) is 9.80 Å². The summed E-state index contributed by atoms with van der Waals surface area (Å²) in [7, 11) is -3.08. The van der Waals surface area contributed by atoms with Crippen LogP contribution in [0.2, 0.25) is 0 Å². The van der Waals surface area contributed by atoms with E-state index in [1.165, 1.54) is 46.6 Å². The molecule has 0 fully saturated rings. The molecule has 2 nitrogen and oxygen atoms in total. The number of hydrogen-bond donors (Lipinski definition) is 0. The van der Waals surface area contributed by atoms with E-state index >= 15 is 0 Å². The van der Waals surface area contributed by atoms with Gasteiger partial charge in [-0.15, -0.1) is 11.3 Å². The van der Waals surface area contributed by atoms with Crippen molar-refractivity contribution in [3.8, 4) is 0 Å². The number of hydrogen-bond acceptors (Lipinski definition) is 3. The van der Waals surface area contributed by atoms with Crippen LogP contribution in [-0.2, 0) is 0 Å². The van der Waals surface area contributed by atoms with Gasteiger partial charge in [0.1, 0.15) is 0 Å². The first-order chi connectivity index (χ1) is 28.8. The van der Waals surface area contributed by atoms with Crippen LogP contribution < -0.4 is 30.5 Å². The zero-order valence-electron chi connectivity index (χ0n) is 31.9. The predicted octanol–water partition coefficient (Wildman–Crippen LogP) is 12.4.